The molecule has 110 valence electrons. The van der Waals surface area contributed by atoms with Gasteiger partial charge in [-0.3, -0.25) is 9.80 Å². The predicted octanol–water partition coefficient (Wildman–Crippen LogP) is 1.66. The minimum Gasteiger partial charge on any atom is -0.379 e. The fraction of sp³-hybridized carbons (Fsp3) is 0.600. The van der Waals surface area contributed by atoms with Crippen molar-refractivity contribution in [3.8, 4) is 0 Å². The Morgan fingerprint density at radius 1 is 1.35 bits per heavy atom. The molecule has 0 aromatic heterocycles. The van der Waals surface area contributed by atoms with Gasteiger partial charge in [-0.2, -0.15) is 0 Å². The quantitative estimate of drug-likeness (QED) is 0.901. The van der Waals surface area contributed by atoms with Crippen LogP contribution in [-0.2, 0) is 4.74 Å². The maximum absolute atomic E-state index is 6.51. The summed E-state index contributed by atoms with van der Waals surface area (Å²) in [4.78, 5) is 4.83. The first-order chi connectivity index (χ1) is 9.72. The van der Waals surface area contributed by atoms with E-state index in [2.05, 4.69) is 22.9 Å². The highest BCUT2D eigenvalue weighted by molar-refractivity contribution is 6.31. The first-order valence-corrected chi connectivity index (χ1v) is 7.60. The van der Waals surface area contributed by atoms with Crippen molar-refractivity contribution in [3.05, 3.63) is 34.3 Å². The summed E-state index contributed by atoms with van der Waals surface area (Å²) in [6.07, 6.45) is 0. The lowest BCUT2D eigenvalue weighted by molar-refractivity contribution is 0.00186. The third kappa shape index (κ3) is 2.47. The van der Waals surface area contributed by atoms with Gasteiger partial charge in [-0.25, -0.2) is 0 Å². The van der Waals surface area contributed by atoms with E-state index in [0.717, 1.165) is 37.9 Å². The van der Waals surface area contributed by atoms with Crippen molar-refractivity contribution < 1.29 is 4.74 Å². The average molecular weight is 296 g/mol. The number of likely N-dealkylation sites (N-methyl/N-ethyl adjacent to an activating group) is 1. The molecule has 2 heterocycles. The Kier molecular flexibility index (Phi) is 4.29. The number of morpholine rings is 1. The highest BCUT2D eigenvalue weighted by atomic mass is 35.5. The van der Waals surface area contributed by atoms with Crippen LogP contribution in [-0.4, -0.2) is 56.2 Å². The lowest BCUT2D eigenvalue weighted by Gasteiger charge is -2.44. The van der Waals surface area contributed by atoms with E-state index in [4.69, 9.17) is 22.1 Å². The molecule has 5 heteroatoms. The van der Waals surface area contributed by atoms with Crippen molar-refractivity contribution in [2.45, 2.75) is 12.1 Å². The van der Waals surface area contributed by atoms with Gasteiger partial charge >= 0.3 is 0 Å². The first kappa shape index (κ1) is 14.3. The van der Waals surface area contributed by atoms with Gasteiger partial charge in [0, 0.05) is 43.3 Å². The molecular weight excluding hydrogens is 274 g/mol. The molecule has 1 aromatic carbocycles. The molecule has 1 aromatic rings. The Bertz CT molecular complexity index is 476. The molecule has 3 rings (SSSR count). The van der Waals surface area contributed by atoms with E-state index in [9.17, 15) is 0 Å². The Hall–Kier alpha value is -0.650. The second-order valence-corrected chi connectivity index (χ2v) is 6.01. The maximum Gasteiger partial charge on any atom is 0.0594 e. The summed E-state index contributed by atoms with van der Waals surface area (Å²) in [6, 6.07) is 6.80. The monoisotopic (exact) mass is 295 g/mol. The molecule has 0 aliphatic carbocycles. The molecule has 2 unspecified atom stereocenters. The Morgan fingerprint density at radius 3 is 2.80 bits per heavy atom. The highest BCUT2D eigenvalue weighted by Crippen LogP contribution is 2.40. The van der Waals surface area contributed by atoms with Crippen LogP contribution in [0.25, 0.3) is 0 Å². The first-order valence-electron chi connectivity index (χ1n) is 7.22. The van der Waals surface area contributed by atoms with Crippen molar-refractivity contribution >= 4 is 11.6 Å². The molecule has 1 saturated heterocycles. The van der Waals surface area contributed by atoms with Crippen molar-refractivity contribution in [2.75, 3.05) is 46.4 Å². The van der Waals surface area contributed by atoms with Crippen LogP contribution in [0.15, 0.2) is 18.2 Å². The van der Waals surface area contributed by atoms with E-state index in [1.165, 1.54) is 11.1 Å². The second-order valence-electron chi connectivity index (χ2n) is 5.60. The van der Waals surface area contributed by atoms with Crippen LogP contribution in [0.2, 0.25) is 5.02 Å². The number of halogens is 1. The normalized spacial score (nSPS) is 28.4. The van der Waals surface area contributed by atoms with Gasteiger partial charge in [-0.15, -0.1) is 0 Å². The number of benzene rings is 1. The number of nitrogens with two attached hydrogens (primary N) is 1. The minimum atomic E-state index is 0.265. The summed E-state index contributed by atoms with van der Waals surface area (Å²) in [7, 11) is 2.15. The zero-order valence-electron chi connectivity index (χ0n) is 11.9. The number of ether oxygens (including phenoxy) is 1. The zero-order chi connectivity index (χ0) is 14.1. The van der Waals surface area contributed by atoms with Gasteiger partial charge in [-0.1, -0.05) is 23.7 Å². The Balaban J connectivity index is 2.00. The van der Waals surface area contributed by atoms with E-state index in [1.54, 1.807) is 0 Å². The molecule has 1 fully saturated rings. The average Bonchev–Trinajstić information content (AvgIpc) is 2.47. The number of nitrogens with zero attached hydrogens (tertiary/aromatic N) is 2. The van der Waals surface area contributed by atoms with Gasteiger partial charge in [0.25, 0.3) is 0 Å². The number of fused-ring (bicyclic) bond motifs is 1. The molecule has 0 spiro atoms. The van der Waals surface area contributed by atoms with Gasteiger partial charge in [-0.05, 0) is 24.2 Å². The van der Waals surface area contributed by atoms with E-state index in [0.29, 0.717) is 12.6 Å². The molecule has 2 aliphatic heterocycles. The van der Waals surface area contributed by atoms with E-state index in [-0.39, 0.29) is 6.04 Å². The minimum absolute atomic E-state index is 0.265. The lowest BCUT2D eigenvalue weighted by Crippen LogP contribution is -2.48. The molecule has 0 saturated carbocycles. The number of rotatable bonds is 2. The summed E-state index contributed by atoms with van der Waals surface area (Å²) in [6.45, 7) is 5.14. The molecule has 20 heavy (non-hydrogen) atoms. The lowest BCUT2D eigenvalue weighted by atomic mass is 9.88. The summed E-state index contributed by atoms with van der Waals surface area (Å²) < 4.78 is 5.47. The van der Waals surface area contributed by atoms with E-state index < -0.39 is 0 Å². The molecule has 0 amide bonds. The van der Waals surface area contributed by atoms with Crippen LogP contribution in [0.4, 0.5) is 0 Å². The number of hydrogen-bond acceptors (Lipinski definition) is 4. The van der Waals surface area contributed by atoms with Gasteiger partial charge in [0.2, 0.25) is 0 Å². The van der Waals surface area contributed by atoms with Crippen LogP contribution in [0.5, 0.6) is 0 Å². The summed E-state index contributed by atoms with van der Waals surface area (Å²) in [5.41, 5.74) is 8.51. The fourth-order valence-corrected chi connectivity index (χ4v) is 3.73. The predicted molar refractivity (Wildman–Crippen MR) is 81.0 cm³/mol. The van der Waals surface area contributed by atoms with Gasteiger partial charge in [0.15, 0.2) is 0 Å². The van der Waals surface area contributed by atoms with E-state index in [1.807, 2.05) is 12.1 Å². The molecule has 2 atom stereocenters. The SMILES string of the molecule is CN1CC(N2CCOCC2)c2c(Cl)cccc2C1CN. The number of hydrogen-bond donors (Lipinski definition) is 1. The van der Waals surface area contributed by atoms with Crippen LogP contribution < -0.4 is 5.73 Å². The molecule has 2 aliphatic rings. The highest BCUT2D eigenvalue weighted by Gasteiger charge is 2.35. The Morgan fingerprint density at radius 2 is 2.10 bits per heavy atom. The molecule has 4 nitrogen and oxygen atoms in total. The fourth-order valence-electron chi connectivity index (χ4n) is 3.42. The summed E-state index contributed by atoms with van der Waals surface area (Å²) >= 11 is 6.51. The molecule has 2 N–H and O–H groups in total. The van der Waals surface area contributed by atoms with Gasteiger partial charge in [0.05, 0.1) is 13.2 Å². The van der Waals surface area contributed by atoms with Crippen molar-refractivity contribution in [3.63, 3.8) is 0 Å². The molecular formula is C15H22ClN3O. The van der Waals surface area contributed by atoms with Crippen molar-refractivity contribution in [1.82, 2.24) is 9.80 Å². The smallest absolute Gasteiger partial charge is 0.0594 e. The van der Waals surface area contributed by atoms with Crippen molar-refractivity contribution in [1.29, 1.82) is 0 Å². The molecule has 0 radical (unpaired) electrons. The maximum atomic E-state index is 6.51. The van der Waals surface area contributed by atoms with E-state index >= 15 is 0 Å². The zero-order valence-corrected chi connectivity index (χ0v) is 12.6. The summed E-state index contributed by atoms with van der Waals surface area (Å²) in [5, 5.41) is 0.866. The Labute approximate surface area is 125 Å². The van der Waals surface area contributed by atoms with Crippen LogP contribution in [0, 0.1) is 0 Å². The third-order valence-corrected chi connectivity index (χ3v) is 4.81. The second kappa shape index (κ2) is 6.00. The molecule has 0 bridgehead atoms. The van der Waals surface area contributed by atoms with Gasteiger partial charge in [0.1, 0.15) is 0 Å². The summed E-state index contributed by atoms with van der Waals surface area (Å²) in [5.74, 6) is 0. The topological polar surface area (TPSA) is 41.7 Å². The van der Waals surface area contributed by atoms with Crippen LogP contribution in [0.3, 0.4) is 0 Å². The largest absolute Gasteiger partial charge is 0.379 e. The standard InChI is InChI=1S/C15H22ClN3O/c1-18-10-14(19-5-7-20-8-6-19)15-11(13(18)9-17)3-2-4-12(15)16/h2-4,13-14H,5-10,17H2,1H3. The van der Waals surface area contributed by atoms with Crippen LogP contribution in [0.1, 0.15) is 23.2 Å². The van der Waals surface area contributed by atoms with Gasteiger partial charge < -0.3 is 10.5 Å². The third-order valence-electron chi connectivity index (χ3n) is 4.48. The van der Waals surface area contributed by atoms with Crippen molar-refractivity contribution in [2.24, 2.45) is 5.73 Å². The van der Waals surface area contributed by atoms with Crippen LogP contribution >= 0.6 is 11.6 Å².